The zero-order valence-corrected chi connectivity index (χ0v) is 15.6. The summed E-state index contributed by atoms with van der Waals surface area (Å²) in [6.45, 7) is 1.12. The molecule has 1 fully saturated rings. The first kappa shape index (κ1) is 19.8. The van der Waals surface area contributed by atoms with Gasteiger partial charge in [-0.3, -0.25) is 0 Å². The standard InChI is InChI=1S/C21H26O6/c1-23-17-10-8-16(9-11-17)13-26-20-18(27-21(24-2)19(20)22)14-25-12-15-6-4-3-5-7-15/h3-11,18-22H,12-14H2,1-2H3/t18-,19-,20-,21-/m1/s1. The Labute approximate surface area is 159 Å². The Morgan fingerprint density at radius 2 is 1.63 bits per heavy atom. The molecule has 0 radical (unpaired) electrons. The summed E-state index contributed by atoms with van der Waals surface area (Å²) in [6.07, 6.45) is -2.55. The van der Waals surface area contributed by atoms with Gasteiger partial charge in [0.05, 0.1) is 26.9 Å². The SMILES string of the molecule is COc1ccc(CO[C@H]2[C@@H](O)[C@H](OC)O[C@@H]2COCc2ccccc2)cc1. The van der Waals surface area contributed by atoms with E-state index in [0.717, 1.165) is 16.9 Å². The van der Waals surface area contributed by atoms with E-state index in [1.165, 1.54) is 7.11 Å². The summed E-state index contributed by atoms with van der Waals surface area (Å²) in [6, 6.07) is 17.5. The van der Waals surface area contributed by atoms with Crippen molar-refractivity contribution in [1.29, 1.82) is 0 Å². The Balaban J connectivity index is 1.55. The topological polar surface area (TPSA) is 66.4 Å². The molecule has 0 amide bonds. The van der Waals surface area contributed by atoms with Gasteiger partial charge in [-0.2, -0.15) is 0 Å². The van der Waals surface area contributed by atoms with Gasteiger partial charge in [-0.25, -0.2) is 0 Å². The van der Waals surface area contributed by atoms with E-state index in [9.17, 15) is 5.11 Å². The van der Waals surface area contributed by atoms with Crippen LogP contribution in [0.1, 0.15) is 11.1 Å². The van der Waals surface area contributed by atoms with Crippen LogP contribution in [0.25, 0.3) is 0 Å². The Hall–Kier alpha value is -1.96. The highest BCUT2D eigenvalue weighted by Crippen LogP contribution is 2.26. The molecular weight excluding hydrogens is 348 g/mol. The van der Waals surface area contributed by atoms with E-state index in [-0.39, 0.29) is 0 Å². The molecule has 2 aromatic carbocycles. The fourth-order valence-corrected chi connectivity index (χ4v) is 3.02. The van der Waals surface area contributed by atoms with Gasteiger partial charge in [0.1, 0.15) is 24.1 Å². The molecule has 0 spiro atoms. The van der Waals surface area contributed by atoms with E-state index in [1.807, 2.05) is 54.6 Å². The molecule has 0 unspecified atom stereocenters. The lowest BCUT2D eigenvalue weighted by Gasteiger charge is -2.21. The third-order valence-corrected chi connectivity index (χ3v) is 4.52. The molecule has 1 N–H and O–H groups in total. The smallest absolute Gasteiger partial charge is 0.186 e. The number of aliphatic hydroxyl groups is 1. The molecule has 6 nitrogen and oxygen atoms in total. The average molecular weight is 374 g/mol. The zero-order chi connectivity index (χ0) is 19.1. The first-order valence-electron chi connectivity index (χ1n) is 8.94. The average Bonchev–Trinajstić information content (AvgIpc) is 3.02. The predicted molar refractivity (Wildman–Crippen MR) is 99.3 cm³/mol. The molecule has 146 valence electrons. The summed E-state index contributed by atoms with van der Waals surface area (Å²) in [5.74, 6) is 0.787. The Kier molecular flexibility index (Phi) is 7.20. The maximum atomic E-state index is 10.4. The molecule has 0 aliphatic carbocycles. The molecule has 1 saturated heterocycles. The highest BCUT2D eigenvalue weighted by molar-refractivity contribution is 5.26. The van der Waals surface area contributed by atoms with Crippen LogP contribution < -0.4 is 4.74 Å². The summed E-state index contributed by atoms with van der Waals surface area (Å²) in [5.41, 5.74) is 2.06. The largest absolute Gasteiger partial charge is 0.497 e. The first-order chi connectivity index (χ1) is 13.2. The van der Waals surface area contributed by atoms with Gasteiger partial charge in [-0.05, 0) is 23.3 Å². The Morgan fingerprint density at radius 1 is 0.926 bits per heavy atom. The minimum Gasteiger partial charge on any atom is -0.497 e. The number of rotatable bonds is 9. The fraction of sp³-hybridized carbons (Fsp3) is 0.429. The van der Waals surface area contributed by atoms with Gasteiger partial charge in [0.25, 0.3) is 0 Å². The summed E-state index contributed by atoms with van der Waals surface area (Å²) in [5, 5.41) is 10.4. The van der Waals surface area contributed by atoms with Crippen molar-refractivity contribution in [2.24, 2.45) is 0 Å². The molecule has 1 aliphatic heterocycles. The molecule has 0 saturated carbocycles. The maximum Gasteiger partial charge on any atom is 0.186 e. The second-order valence-corrected chi connectivity index (χ2v) is 6.39. The molecule has 1 aliphatic rings. The van der Waals surface area contributed by atoms with E-state index < -0.39 is 24.6 Å². The molecule has 4 atom stereocenters. The van der Waals surface area contributed by atoms with E-state index in [0.29, 0.717) is 19.8 Å². The fourth-order valence-electron chi connectivity index (χ4n) is 3.02. The van der Waals surface area contributed by atoms with Crippen LogP contribution in [0, 0.1) is 0 Å². The molecule has 0 aromatic heterocycles. The molecule has 3 rings (SSSR count). The highest BCUT2D eigenvalue weighted by Gasteiger charge is 2.44. The van der Waals surface area contributed by atoms with Gasteiger partial charge in [0.15, 0.2) is 6.29 Å². The van der Waals surface area contributed by atoms with Crippen LogP contribution in [0.3, 0.4) is 0 Å². The van der Waals surface area contributed by atoms with Crippen LogP contribution in [-0.4, -0.2) is 50.5 Å². The van der Waals surface area contributed by atoms with E-state index in [1.54, 1.807) is 7.11 Å². The van der Waals surface area contributed by atoms with E-state index in [2.05, 4.69) is 0 Å². The first-order valence-corrected chi connectivity index (χ1v) is 8.94. The van der Waals surface area contributed by atoms with E-state index in [4.69, 9.17) is 23.7 Å². The second kappa shape index (κ2) is 9.82. The van der Waals surface area contributed by atoms with Crippen LogP contribution in [0.4, 0.5) is 0 Å². The van der Waals surface area contributed by atoms with Gasteiger partial charge >= 0.3 is 0 Å². The van der Waals surface area contributed by atoms with Gasteiger partial charge in [0, 0.05) is 7.11 Å². The lowest BCUT2D eigenvalue weighted by atomic mass is 10.1. The lowest BCUT2D eigenvalue weighted by Crippen LogP contribution is -2.37. The van der Waals surface area contributed by atoms with Crippen LogP contribution in [0.15, 0.2) is 54.6 Å². The van der Waals surface area contributed by atoms with Crippen molar-refractivity contribution in [1.82, 2.24) is 0 Å². The van der Waals surface area contributed by atoms with Gasteiger partial charge < -0.3 is 28.8 Å². The third-order valence-electron chi connectivity index (χ3n) is 4.52. The minimum absolute atomic E-state index is 0.305. The van der Waals surface area contributed by atoms with Crippen LogP contribution >= 0.6 is 0 Å². The highest BCUT2D eigenvalue weighted by atomic mass is 16.7. The van der Waals surface area contributed by atoms with E-state index >= 15 is 0 Å². The van der Waals surface area contributed by atoms with Crippen LogP contribution in [-0.2, 0) is 32.2 Å². The molecule has 0 bridgehead atoms. The normalized spacial score (nSPS) is 24.9. The van der Waals surface area contributed by atoms with Crippen molar-refractivity contribution in [2.45, 2.75) is 37.8 Å². The molecular formula is C21H26O6. The van der Waals surface area contributed by atoms with Gasteiger partial charge in [-0.1, -0.05) is 42.5 Å². The minimum atomic E-state index is -0.876. The number of hydrogen-bond donors (Lipinski definition) is 1. The summed E-state index contributed by atoms with van der Waals surface area (Å²) in [7, 11) is 3.13. The number of benzene rings is 2. The van der Waals surface area contributed by atoms with Crippen molar-refractivity contribution < 1.29 is 28.8 Å². The monoisotopic (exact) mass is 374 g/mol. The number of aliphatic hydroxyl groups excluding tert-OH is 1. The lowest BCUT2D eigenvalue weighted by molar-refractivity contribution is -0.156. The summed E-state index contributed by atoms with van der Waals surface area (Å²) < 4.78 is 27.8. The van der Waals surface area contributed by atoms with Gasteiger partial charge in [0.2, 0.25) is 0 Å². The Morgan fingerprint density at radius 3 is 2.30 bits per heavy atom. The second-order valence-electron chi connectivity index (χ2n) is 6.39. The molecule has 6 heteroatoms. The molecule has 27 heavy (non-hydrogen) atoms. The maximum absolute atomic E-state index is 10.4. The predicted octanol–water partition coefficient (Wildman–Crippen LogP) is 2.53. The molecule has 1 heterocycles. The summed E-state index contributed by atoms with van der Waals surface area (Å²) in [4.78, 5) is 0. The number of hydrogen-bond acceptors (Lipinski definition) is 6. The molecule has 2 aromatic rings. The van der Waals surface area contributed by atoms with Crippen LogP contribution in [0.2, 0.25) is 0 Å². The quantitative estimate of drug-likeness (QED) is 0.728. The van der Waals surface area contributed by atoms with Crippen molar-refractivity contribution >= 4 is 0 Å². The third kappa shape index (κ3) is 5.28. The Bertz CT molecular complexity index is 675. The summed E-state index contributed by atoms with van der Waals surface area (Å²) >= 11 is 0. The van der Waals surface area contributed by atoms with Crippen molar-refractivity contribution in [3.8, 4) is 5.75 Å². The van der Waals surface area contributed by atoms with Crippen molar-refractivity contribution in [2.75, 3.05) is 20.8 Å². The van der Waals surface area contributed by atoms with Crippen molar-refractivity contribution in [3.63, 3.8) is 0 Å². The number of methoxy groups -OCH3 is 2. The van der Waals surface area contributed by atoms with Crippen molar-refractivity contribution in [3.05, 3.63) is 65.7 Å². The number of ether oxygens (including phenoxy) is 5. The van der Waals surface area contributed by atoms with Gasteiger partial charge in [-0.15, -0.1) is 0 Å². The zero-order valence-electron chi connectivity index (χ0n) is 15.6. The van der Waals surface area contributed by atoms with Crippen LogP contribution in [0.5, 0.6) is 5.75 Å².